The lowest BCUT2D eigenvalue weighted by Crippen LogP contribution is -2.17. The molecule has 30 heavy (non-hydrogen) atoms. The third-order valence-electron chi connectivity index (χ3n) is 5.64. The van der Waals surface area contributed by atoms with Crippen LogP contribution < -0.4 is 15.6 Å². The molecule has 1 atom stereocenters. The second-order valence-corrected chi connectivity index (χ2v) is 9.38. The van der Waals surface area contributed by atoms with Crippen LogP contribution >= 0.6 is 0 Å². The van der Waals surface area contributed by atoms with Gasteiger partial charge in [-0.15, -0.1) is 0 Å². The molecule has 2 N–H and O–H groups in total. The number of benzene rings is 2. The normalized spacial score (nSPS) is 16.6. The molecule has 0 bridgehead atoms. The molecule has 1 fully saturated rings. The van der Waals surface area contributed by atoms with E-state index >= 15 is 0 Å². The van der Waals surface area contributed by atoms with Gasteiger partial charge in [0.2, 0.25) is 0 Å². The summed E-state index contributed by atoms with van der Waals surface area (Å²) in [6.45, 7) is 5.35. The Balaban J connectivity index is 1.91. The molecular formula is C23H25N3O3S. The van der Waals surface area contributed by atoms with E-state index in [-0.39, 0.29) is 5.56 Å². The Morgan fingerprint density at radius 1 is 1.20 bits per heavy atom. The molecule has 0 aliphatic carbocycles. The molecule has 0 saturated carbocycles. The maximum Gasteiger partial charge on any atom is 0.258 e. The summed E-state index contributed by atoms with van der Waals surface area (Å²) in [4.78, 5) is 12.6. The van der Waals surface area contributed by atoms with E-state index < -0.39 is 10.0 Å². The van der Waals surface area contributed by atoms with E-state index in [1.54, 1.807) is 17.7 Å². The Morgan fingerprint density at radius 3 is 2.67 bits per heavy atom. The first-order valence-corrected chi connectivity index (χ1v) is 11.5. The maximum absolute atomic E-state index is 12.6. The molecule has 0 radical (unpaired) electrons. The predicted octanol–water partition coefficient (Wildman–Crippen LogP) is 3.24. The molecule has 0 spiro atoms. The predicted molar refractivity (Wildman–Crippen MR) is 122 cm³/mol. The van der Waals surface area contributed by atoms with Crippen molar-refractivity contribution in [3.05, 3.63) is 76.6 Å². The first-order valence-electron chi connectivity index (χ1n) is 9.95. The van der Waals surface area contributed by atoms with Gasteiger partial charge in [-0.25, -0.2) is 8.42 Å². The highest BCUT2D eigenvalue weighted by Crippen LogP contribution is 2.34. The van der Waals surface area contributed by atoms with E-state index in [1.807, 2.05) is 42.6 Å². The van der Waals surface area contributed by atoms with Crippen LogP contribution in [0.3, 0.4) is 0 Å². The minimum absolute atomic E-state index is 0.0561. The number of nitrogens with one attached hydrogen (secondary N) is 2. The maximum atomic E-state index is 12.6. The molecular weight excluding hydrogens is 398 g/mol. The third kappa shape index (κ3) is 4.04. The molecule has 6 nitrogen and oxygen atoms in total. The number of pyridine rings is 1. The number of nitrogens with zero attached hydrogens (tertiary/aromatic N) is 1. The molecule has 156 valence electrons. The summed E-state index contributed by atoms with van der Waals surface area (Å²) in [7, 11) is -1.88. The van der Waals surface area contributed by atoms with Crippen molar-refractivity contribution in [1.29, 1.82) is 0 Å². The summed E-state index contributed by atoms with van der Waals surface area (Å²) in [5, 5.41) is 5.79. The lowest BCUT2D eigenvalue weighted by atomic mass is 9.90. The van der Waals surface area contributed by atoms with Crippen LogP contribution in [0.25, 0.3) is 21.9 Å². The number of fused-ring (bicyclic) bond motifs is 1. The summed E-state index contributed by atoms with van der Waals surface area (Å²) in [6, 6.07) is 13.1. The van der Waals surface area contributed by atoms with Gasteiger partial charge in [0, 0.05) is 35.3 Å². The van der Waals surface area contributed by atoms with Crippen molar-refractivity contribution in [2.24, 2.45) is 13.0 Å². The van der Waals surface area contributed by atoms with Crippen LogP contribution in [0.5, 0.6) is 0 Å². The van der Waals surface area contributed by atoms with Gasteiger partial charge in [-0.2, -0.15) is 0 Å². The second kappa shape index (κ2) is 8.08. The fraction of sp³-hybridized carbons (Fsp3) is 0.261. The zero-order chi connectivity index (χ0) is 21.3. The van der Waals surface area contributed by atoms with Crippen molar-refractivity contribution in [2.75, 3.05) is 17.8 Å². The molecule has 1 saturated heterocycles. The van der Waals surface area contributed by atoms with E-state index in [1.165, 1.54) is 0 Å². The lowest BCUT2D eigenvalue weighted by Gasteiger charge is -2.18. The van der Waals surface area contributed by atoms with Crippen LogP contribution in [0, 0.1) is 5.92 Å². The minimum atomic E-state index is -3.62. The van der Waals surface area contributed by atoms with Crippen LogP contribution in [0.15, 0.2) is 65.4 Å². The lowest BCUT2D eigenvalue weighted by molar-refractivity contribution is 0.581. The van der Waals surface area contributed by atoms with Gasteiger partial charge in [-0.1, -0.05) is 30.8 Å². The number of rotatable bonds is 6. The smallest absolute Gasteiger partial charge is 0.258 e. The summed E-state index contributed by atoms with van der Waals surface area (Å²) in [5.41, 5.74) is 3.39. The van der Waals surface area contributed by atoms with Crippen molar-refractivity contribution in [2.45, 2.75) is 12.8 Å². The Labute approximate surface area is 176 Å². The van der Waals surface area contributed by atoms with Gasteiger partial charge in [0.1, 0.15) is 0 Å². The standard InChI is InChI=1S/C23H25N3O3S/c1-3-30(28,29)25-18-9-8-17(12-16-10-11-24-14-16)21(13-18)22-15-26(2)23(27)20-7-5-4-6-19(20)22/h3-9,13,15-16,24-25H,1,10-12,14H2,2H3. The van der Waals surface area contributed by atoms with Gasteiger partial charge in [0.05, 0.1) is 0 Å². The van der Waals surface area contributed by atoms with Gasteiger partial charge < -0.3 is 9.88 Å². The van der Waals surface area contributed by atoms with Crippen LogP contribution in [0.2, 0.25) is 0 Å². The summed E-state index contributed by atoms with van der Waals surface area (Å²) >= 11 is 0. The Morgan fingerprint density at radius 2 is 1.97 bits per heavy atom. The zero-order valence-corrected chi connectivity index (χ0v) is 17.7. The summed E-state index contributed by atoms with van der Waals surface area (Å²) in [5.74, 6) is 0.526. The number of aromatic nitrogens is 1. The zero-order valence-electron chi connectivity index (χ0n) is 16.9. The molecule has 7 heteroatoms. The average molecular weight is 424 g/mol. The van der Waals surface area contributed by atoms with Crippen molar-refractivity contribution >= 4 is 26.5 Å². The molecule has 1 unspecified atom stereocenters. The molecule has 1 aliphatic rings. The van der Waals surface area contributed by atoms with Crippen LogP contribution in [-0.4, -0.2) is 26.1 Å². The largest absolute Gasteiger partial charge is 0.317 e. The van der Waals surface area contributed by atoms with Crippen LogP contribution in [0.1, 0.15) is 12.0 Å². The topological polar surface area (TPSA) is 80.2 Å². The molecule has 2 heterocycles. The van der Waals surface area contributed by atoms with E-state index in [0.29, 0.717) is 17.0 Å². The fourth-order valence-electron chi connectivity index (χ4n) is 4.11. The Kier molecular flexibility index (Phi) is 5.49. The van der Waals surface area contributed by atoms with Gasteiger partial charge in [0.15, 0.2) is 0 Å². The van der Waals surface area contributed by atoms with Crippen LogP contribution in [0.4, 0.5) is 5.69 Å². The van der Waals surface area contributed by atoms with Gasteiger partial charge in [-0.05, 0) is 66.6 Å². The molecule has 0 amide bonds. The number of anilines is 1. The SMILES string of the molecule is C=CS(=O)(=O)Nc1ccc(CC2CCNC2)c(-c2cn(C)c(=O)c3ccccc23)c1. The number of sulfonamides is 1. The van der Waals surface area contributed by atoms with Crippen molar-refractivity contribution < 1.29 is 8.42 Å². The van der Waals surface area contributed by atoms with E-state index in [0.717, 1.165) is 53.4 Å². The quantitative estimate of drug-likeness (QED) is 0.638. The molecule has 4 rings (SSSR count). The van der Waals surface area contributed by atoms with Crippen molar-refractivity contribution in [1.82, 2.24) is 9.88 Å². The first kappa shape index (κ1) is 20.4. The Bertz CT molecular complexity index is 1270. The highest BCUT2D eigenvalue weighted by molar-refractivity contribution is 7.95. The average Bonchev–Trinajstić information content (AvgIpc) is 3.25. The monoisotopic (exact) mass is 423 g/mol. The Hall–Kier alpha value is -2.90. The van der Waals surface area contributed by atoms with E-state index in [4.69, 9.17) is 0 Å². The summed E-state index contributed by atoms with van der Waals surface area (Å²) < 4.78 is 28.1. The minimum Gasteiger partial charge on any atom is -0.317 e. The second-order valence-electron chi connectivity index (χ2n) is 7.75. The first-order chi connectivity index (χ1) is 14.4. The highest BCUT2D eigenvalue weighted by atomic mass is 32.2. The third-order valence-corrected chi connectivity index (χ3v) is 6.60. The number of hydrogen-bond acceptors (Lipinski definition) is 4. The molecule has 1 aromatic heterocycles. The number of hydrogen-bond donors (Lipinski definition) is 2. The number of aryl methyl sites for hydroxylation is 1. The van der Waals surface area contributed by atoms with Crippen LogP contribution in [-0.2, 0) is 23.5 Å². The van der Waals surface area contributed by atoms with E-state index in [2.05, 4.69) is 16.6 Å². The van der Waals surface area contributed by atoms with Gasteiger partial charge in [0.25, 0.3) is 15.6 Å². The van der Waals surface area contributed by atoms with E-state index in [9.17, 15) is 13.2 Å². The molecule has 2 aromatic carbocycles. The van der Waals surface area contributed by atoms with Crippen molar-refractivity contribution in [3.8, 4) is 11.1 Å². The van der Waals surface area contributed by atoms with Crippen molar-refractivity contribution in [3.63, 3.8) is 0 Å². The summed E-state index contributed by atoms with van der Waals surface area (Å²) in [6.07, 6.45) is 3.83. The molecule has 1 aliphatic heterocycles. The molecule has 3 aromatic rings. The van der Waals surface area contributed by atoms with Gasteiger partial charge in [-0.3, -0.25) is 9.52 Å². The van der Waals surface area contributed by atoms with Gasteiger partial charge >= 0.3 is 0 Å². The highest BCUT2D eigenvalue weighted by Gasteiger charge is 2.19. The fourth-order valence-corrected chi connectivity index (χ4v) is 4.64.